The fourth-order valence-electron chi connectivity index (χ4n) is 8.02. The van der Waals surface area contributed by atoms with E-state index in [1.54, 1.807) is 11.9 Å². The number of tetrazole rings is 1. The van der Waals surface area contributed by atoms with Gasteiger partial charge in [-0.25, -0.2) is 0 Å². The number of hydrogen-bond donors (Lipinski definition) is 0. The second kappa shape index (κ2) is 13.1. The predicted octanol–water partition coefficient (Wildman–Crippen LogP) is 8.41. The van der Waals surface area contributed by atoms with Crippen LogP contribution in [0, 0.1) is 27.7 Å². The standard InChI is InChI=1S/C40H41Cl2N9O2/c1-21-17-27(18-22(2)35(21)41)53-16-10-13-29-28-11-9-12-31(34-23(3)44-48(7)24(34)4)36(28)50-25(5)38(42)51(40(52)37(29)50)33-20-47(6)32-19-26(14-15-30(32)33)39-43-46-49(8)45-39/h9,11-12,14-15,17-20,25,38H,10,13,16H2,1-8H3/t25?,38-/m0/s1. The van der Waals surface area contributed by atoms with E-state index in [2.05, 4.69) is 52.0 Å². The van der Waals surface area contributed by atoms with Gasteiger partial charge < -0.3 is 13.9 Å². The van der Waals surface area contributed by atoms with Crippen molar-refractivity contribution in [3.63, 3.8) is 0 Å². The van der Waals surface area contributed by atoms with Crippen LogP contribution < -0.4 is 9.64 Å². The zero-order valence-electron chi connectivity index (χ0n) is 31.1. The topological polar surface area (TPSA) is 101 Å². The van der Waals surface area contributed by atoms with Gasteiger partial charge in [0.15, 0.2) is 0 Å². The molecule has 2 atom stereocenters. The van der Waals surface area contributed by atoms with Crippen molar-refractivity contribution in [1.82, 2.24) is 39.1 Å². The van der Waals surface area contributed by atoms with Crippen molar-refractivity contribution < 1.29 is 9.53 Å². The van der Waals surface area contributed by atoms with Crippen molar-refractivity contribution in [3.05, 3.63) is 93.5 Å². The SMILES string of the molecule is Cc1cc(OCCCc2c3n(c4c(-c5c(C)nn(C)c5C)cccc24)C(C)[C@@H](Cl)N(c2cn(C)c4cc(-c5nnn(C)n5)ccc24)C3=O)cc(C)c1Cl. The summed E-state index contributed by atoms with van der Waals surface area (Å²) >= 11 is 13.9. The van der Waals surface area contributed by atoms with E-state index in [9.17, 15) is 0 Å². The molecular weight excluding hydrogens is 709 g/mol. The quantitative estimate of drug-likeness (QED) is 0.0879. The third-order valence-corrected chi connectivity index (χ3v) is 11.8. The zero-order valence-corrected chi connectivity index (χ0v) is 32.6. The second-order valence-electron chi connectivity index (χ2n) is 14.1. The number of para-hydroxylation sites is 1. The fraction of sp³-hybridized carbons (Fsp3) is 0.325. The molecule has 53 heavy (non-hydrogen) atoms. The van der Waals surface area contributed by atoms with Crippen LogP contribution in [0.5, 0.6) is 5.75 Å². The molecule has 0 bridgehead atoms. The van der Waals surface area contributed by atoms with Crippen LogP contribution >= 0.6 is 23.2 Å². The minimum absolute atomic E-state index is 0.142. The average Bonchev–Trinajstić information content (AvgIpc) is 3.87. The van der Waals surface area contributed by atoms with E-state index in [-0.39, 0.29) is 11.9 Å². The Morgan fingerprint density at radius 1 is 0.943 bits per heavy atom. The van der Waals surface area contributed by atoms with Crippen LogP contribution in [-0.4, -0.2) is 57.1 Å². The summed E-state index contributed by atoms with van der Waals surface area (Å²) in [5.41, 5.74) is 10.5. The molecule has 0 spiro atoms. The highest BCUT2D eigenvalue weighted by Gasteiger charge is 2.42. The van der Waals surface area contributed by atoms with E-state index in [0.29, 0.717) is 31.0 Å². The van der Waals surface area contributed by atoms with Gasteiger partial charge in [0.25, 0.3) is 5.91 Å². The summed E-state index contributed by atoms with van der Waals surface area (Å²) in [6.45, 7) is 10.7. The number of carbonyl (C=O) groups is 1. The summed E-state index contributed by atoms with van der Waals surface area (Å²) < 4.78 is 12.3. The van der Waals surface area contributed by atoms with Crippen LogP contribution in [0.4, 0.5) is 5.69 Å². The van der Waals surface area contributed by atoms with Crippen LogP contribution in [0.15, 0.2) is 54.7 Å². The highest BCUT2D eigenvalue weighted by molar-refractivity contribution is 6.32. The predicted molar refractivity (Wildman–Crippen MR) is 210 cm³/mol. The van der Waals surface area contributed by atoms with Gasteiger partial charge in [0.2, 0.25) is 5.82 Å². The number of amides is 1. The van der Waals surface area contributed by atoms with Gasteiger partial charge in [-0.15, -0.1) is 10.2 Å². The summed E-state index contributed by atoms with van der Waals surface area (Å²) in [5.74, 6) is 1.18. The van der Waals surface area contributed by atoms with E-state index in [1.165, 1.54) is 4.80 Å². The number of hydrogen-bond acceptors (Lipinski definition) is 6. The van der Waals surface area contributed by atoms with E-state index in [0.717, 1.165) is 83.0 Å². The van der Waals surface area contributed by atoms with Crippen LogP contribution in [0.25, 0.3) is 44.3 Å². The van der Waals surface area contributed by atoms with Crippen molar-refractivity contribution in [2.24, 2.45) is 21.1 Å². The summed E-state index contributed by atoms with van der Waals surface area (Å²) in [7, 11) is 5.67. The first kappa shape index (κ1) is 34.9. The van der Waals surface area contributed by atoms with Gasteiger partial charge >= 0.3 is 0 Å². The first-order valence-corrected chi connectivity index (χ1v) is 18.5. The molecule has 1 aliphatic rings. The molecule has 1 amide bonds. The molecule has 4 aromatic heterocycles. The van der Waals surface area contributed by atoms with Crippen molar-refractivity contribution in [1.29, 1.82) is 0 Å². The Hall–Kier alpha value is -5.13. The number of anilines is 1. The number of aryl methyl sites for hydroxylation is 7. The Morgan fingerprint density at radius 2 is 1.70 bits per heavy atom. The number of ether oxygens (including phenoxy) is 1. The number of aromatic nitrogens is 8. The smallest absolute Gasteiger partial charge is 0.276 e. The molecule has 1 aliphatic heterocycles. The van der Waals surface area contributed by atoms with Gasteiger partial charge in [-0.3, -0.25) is 14.4 Å². The first-order chi connectivity index (χ1) is 25.3. The van der Waals surface area contributed by atoms with Crippen molar-refractivity contribution in [2.75, 3.05) is 11.5 Å². The van der Waals surface area contributed by atoms with Crippen molar-refractivity contribution in [3.8, 4) is 28.3 Å². The van der Waals surface area contributed by atoms with Gasteiger partial charge in [0.05, 0.1) is 42.1 Å². The van der Waals surface area contributed by atoms with Crippen LogP contribution in [0.2, 0.25) is 5.02 Å². The van der Waals surface area contributed by atoms with E-state index in [4.69, 9.17) is 33.0 Å². The summed E-state index contributed by atoms with van der Waals surface area (Å²) in [5, 5.41) is 20.0. The largest absolute Gasteiger partial charge is 0.494 e. The van der Waals surface area contributed by atoms with Crippen molar-refractivity contribution >= 4 is 56.6 Å². The molecule has 0 radical (unpaired) electrons. The number of rotatable bonds is 8. The molecule has 0 aliphatic carbocycles. The summed E-state index contributed by atoms with van der Waals surface area (Å²) in [6, 6.07) is 16.0. The van der Waals surface area contributed by atoms with Gasteiger partial charge in [0, 0.05) is 58.5 Å². The Morgan fingerprint density at radius 3 is 2.38 bits per heavy atom. The normalized spacial score (nSPS) is 16.0. The fourth-order valence-corrected chi connectivity index (χ4v) is 8.43. The molecule has 3 aromatic carbocycles. The highest BCUT2D eigenvalue weighted by Crippen LogP contribution is 2.46. The number of fused-ring (bicyclic) bond motifs is 4. The molecule has 272 valence electrons. The maximum Gasteiger partial charge on any atom is 0.276 e. The molecule has 0 saturated heterocycles. The third kappa shape index (κ3) is 5.59. The second-order valence-corrected chi connectivity index (χ2v) is 15.0. The number of benzene rings is 3. The van der Waals surface area contributed by atoms with Gasteiger partial charge in [-0.05, 0) is 93.6 Å². The summed E-state index contributed by atoms with van der Waals surface area (Å²) in [4.78, 5) is 18.4. The Balaban J connectivity index is 1.25. The molecule has 0 fully saturated rings. The lowest BCUT2D eigenvalue weighted by Gasteiger charge is -2.38. The molecular formula is C40H41Cl2N9O2. The number of nitrogens with zero attached hydrogens (tertiary/aromatic N) is 9. The zero-order chi connectivity index (χ0) is 37.5. The van der Waals surface area contributed by atoms with Gasteiger partial charge in [-0.1, -0.05) is 47.5 Å². The minimum atomic E-state index is -0.672. The third-order valence-electron chi connectivity index (χ3n) is 10.6. The molecule has 0 saturated carbocycles. The van der Waals surface area contributed by atoms with Gasteiger partial charge in [-0.2, -0.15) is 9.90 Å². The first-order valence-electron chi connectivity index (χ1n) is 17.7. The number of carbonyl (C=O) groups excluding carboxylic acids is 1. The maximum absolute atomic E-state index is 15.2. The molecule has 8 rings (SSSR count). The molecule has 7 aromatic rings. The Bertz CT molecular complexity index is 2570. The molecule has 11 nitrogen and oxygen atoms in total. The number of halogens is 2. The Kier molecular flexibility index (Phi) is 8.61. The summed E-state index contributed by atoms with van der Waals surface area (Å²) in [6.07, 6.45) is 3.30. The average molecular weight is 751 g/mol. The van der Waals surface area contributed by atoms with E-state index in [1.807, 2.05) is 80.6 Å². The highest BCUT2D eigenvalue weighted by atomic mass is 35.5. The molecule has 5 heterocycles. The molecule has 1 unspecified atom stereocenters. The van der Waals surface area contributed by atoms with E-state index >= 15 is 4.79 Å². The van der Waals surface area contributed by atoms with Crippen molar-refractivity contribution in [2.45, 2.75) is 59.0 Å². The van der Waals surface area contributed by atoms with Crippen LogP contribution in [-0.2, 0) is 27.6 Å². The minimum Gasteiger partial charge on any atom is -0.494 e. The van der Waals surface area contributed by atoms with Crippen LogP contribution in [0.1, 0.15) is 58.0 Å². The van der Waals surface area contributed by atoms with Gasteiger partial charge in [0.1, 0.15) is 16.9 Å². The molecule has 13 heteroatoms. The monoisotopic (exact) mass is 749 g/mol. The lowest BCUT2D eigenvalue weighted by molar-refractivity contribution is 0.0951. The molecule has 0 N–H and O–H groups in total. The number of alkyl halides is 1. The lowest BCUT2D eigenvalue weighted by Crippen LogP contribution is -2.47. The van der Waals surface area contributed by atoms with Crippen LogP contribution in [0.3, 0.4) is 0 Å². The maximum atomic E-state index is 15.2. The lowest BCUT2D eigenvalue weighted by atomic mass is 9.98. The van der Waals surface area contributed by atoms with E-state index < -0.39 is 5.50 Å². The Labute approximate surface area is 317 Å².